The van der Waals surface area contributed by atoms with E-state index in [9.17, 15) is 9.59 Å². The van der Waals surface area contributed by atoms with Crippen molar-refractivity contribution in [3.8, 4) is 0 Å². The fourth-order valence-corrected chi connectivity index (χ4v) is 3.68. The molecule has 0 amide bonds. The van der Waals surface area contributed by atoms with Gasteiger partial charge in [0.05, 0.1) is 18.2 Å². The molecular weight excluding hydrogens is 302 g/mol. The number of benzene rings is 2. The summed E-state index contributed by atoms with van der Waals surface area (Å²) in [6.07, 6.45) is 1.54. The largest absolute Gasteiger partial charge is 0.465 e. The zero-order valence-electron chi connectivity index (χ0n) is 13.3. The monoisotopic (exact) mass is 319 g/mol. The number of fused-ring (bicyclic) bond motifs is 3. The first kappa shape index (κ1) is 14.7. The van der Waals surface area contributed by atoms with Crippen molar-refractivity contribution in [1.82, 2.24) is 4.98 Å². The number of hydrogen-bond acceptors (Lipinski definition) is 3. The third-order valence-electron chi connectivity index (χ3n) is 4.84. The van der Waals surface area contributed by atoms with E-state index in [1.165, 1.54) is 12.7 Å². The van der Waals surface area contributed by atoms with Gasteiger partial charge >= 0.3 is 5.97 Å². The van der Waals surface area contributed by atoms with E-state index in [1.807, 2.05) is 30.3 Å². The molecule has 0 radical (unpaired) electrons. The number of carbonyl (C=O) groups excluding carboxylic acids is 1. The number of aromatic nitrogens is 1. The molecule has 1 heterocycles. The Morgan fingerprint density at radius 2 is 1.79 bits per heavy atom. The number of H-pyrrole nitrogens is 1. The molecule has 0 unspecified atom stereocenters. The van der Waals surface area contributed by atoms with E-state index < -0.39 is 5.97 Å². The van der Waals surface area contributed by atoms with E-state index in [0.717, 1.165) is 29.4 Å². The molecule has 2 aromatic carbocycles. The van der Waals surface area contributed by atoms with Gasteiger partial charge in [-0.3, -0.25) is 4.79 Å². The topological polar surface area (TPSA) is 59.2 Å². The number of methoxy groups -OCH3 is 1. The van der Waals surface area contributed by atoms with Gasteiger partial charge in [0.1, 0.15) is 0 Å². The summed E-state index contributed by atoms with van der Waals surface area (Å²) < 4.78 is 4.83. The molecule has 3 aromatic rings. The maximum absolute atomic E-state index is 12.6. The number of hydrogen-bond donors (Lipinski definition) is 1. The van der Waals surface area contributed by atoms with Crippen LogP contribution in [0.1, 0.15) is 33.0 Å². The van der Waals surface area contributed by atoms with Crippen LogP contribution in [-0.4, -0.2) is 18.1 Å². The Bertz CT molecular complexity index is 989. The highest BCUT2D eigenvalue weighted by atomic mass is 16.5. The summed E-state index contributed by atoms with van der Waals surface area (Å²) >= 11 is 0. The Morgan fingerprint density at radius 3 is 2.54 bits per heavy atom. The Hall–Kier alpha value is -2.88. The van der Waals surface area contributed by atoms with E-state index in [0.29, 0.717) is 17.0 Å². The Balaban J connectivity index is 1.88. The molecule has 0 saturated heterocycles. The summed E-state index contributed by atoms with van der Waals surface area (Å²) in [5.41, 5.74) is 3.99. The van der Waals surface area contributed by atoms with E-state index in [-0.39, 0.29) is 5.56 Å². The first-order valence-electron chi connectivity index (χ1n) is 7.99. The van der Waals surface area contributed by atoms with Crippen molar-refractivity contribution in [2.24, 2.45) is 0 Å². The van der Waals surface area contributed by atoms with Crippen LogP contribution in [0.4, 0.5) is 0 Å². The van der Waals surface area contributed by atoms with Crippen LogP contribution >= 0.6 is 0 Å². The molecule has 0 bridgehead atoms. The van der Waals surface area contributed by atoms with Gasteiger partial charge in [-0.05, 0) is 36.0 Å². The molecule has 4 nitrogen and oxygen atoms in total. The van der Waals surface area contributed by atoms with Gasteiger partial charge < -0.3 is 9.72 Å². The third-order valence-corrected chi connectivity index (χ3v) is 4.84. The number of ether oxygens (including phenoxy) is 1. The molecular formula is C20H17NO3. The number of carbonyl (C=O) groups is 1. The van der Waals surface area contributed by atoms with Crippen LogP contribution in [0, 0.1) is 0 Å². The molecule has 0 saturated carbocycles. The minimum absolute atomic E-state index is 0.104. The zero-order chi connectivity index (χ0) is 16.7. The normalized spacial score (nSPS) is 16.1. The lowest BCUT2D eigenvalue weighted by molar-refractivity contribution is 0.0603. The van der Waals surface area contributed by atoms with Crippen LogP contribution in [-0.2, 0) is 17.6 Å². The van der Waals surface area contributed by atoms with Crippen LogP contribution in [0.2, 0.25) is 0 Å². The molecule has 1 aromatic heterocycles. The summed E-state index contributed by atoms with van der Waals surface area (Å²) in [5.74, 6) is -0.136. The fraction of sp³-hybridized carbons (Fsp3) is 0.200. The number of para-hydroxylation sites is 1. The van der Waals surface area contributed by atoms with Crippen molar-refractivity contribution >= 4 is 16.9 Å². The second kappa shape index (κ2) is 5.64. The molecule has 24 heavy (non-hydrogen) atoms. The summed E-state index contributed by atoms with van der Waals surface area (Å²) in [7, 11) is 1.35. The van der Waals surface area contributed by atoms with Crippen LogP contribution in [0.5, 0.6) is 0 Å². The first-order valence-corrected chi connectivity index (χ1v) is 7.99. The lowest BCUT2D eigenvalue weighted by Crippen LogP contribution is -2.15. The minimum Gasteiger partial charge on any atom is -0.465 e. The smallest absolute Gasteiger partial charge is 0.339 e. The number of pyridine rings is 1. The SMILES string of the molecule is COC(=O)c1cccc2c3c(c(=O)[nH]c12)C[C@H](c1ccccc1)C3. The number of nitrogens with one attached hydrogen (secondary N) is 1. The molecule has 1 atom stereocenters. The maximum atomic E-state index is 12.6. The molecule has 1 aliphatic rings. The minimum atomic E-state index is -0.436. The number of rotatable bonds is 2. The molecule has 1 N–H and O–H groups in total. The van der Waals surface area contributed by atoms with Crippen molar-refractivity contribution < 1.29 is 9.53 Å². The van der Waals surface area contributed by atoms with Crippen LogP contribution < -0.4 is 5.56 Å². The first-order chi connectivity index (χ1) is 11.7. The maximum Gasteiger partial charge on any atom is 0.339 e. The quantitative estimate of drug-likeness (QED) is 0.738. The van der Waals surface area contributed by atoms with E-state index in [1.54, 1.807) is 6.07 Å². The second-order valence-corrected chi connectivity index (χ2v) is 6.15. The van der Waals surface area contributed by atoms with Gasteiger partial charge in [-0.2, -0.15) is 0 Å². The van der Waals surface area contributed by atoms with Crippen LogP contribution in [0.15, 0.2) is 53.3 Å². The number of esters is 1. The third kappa shape index (κ3) is 2.22. The lowest BCUT2D eigenvalue weighted by Gasteiger charge is -2.09. The standard InChI is InChI=1S/C20H17NO3/c1-24-20(23)15-9-5-8-14-16-10-13(12-6-3-2-4-7-12)11-17(16)19(22)21-18(14)15/h2-9,13H,10-11H2,1H3,(H,21,22)/t13-/m1/s1. The van der Waals surface area contributed by atoms with Crippen molar-refractivity contribution in [1.29, 1.82) is 0 Å². The van der Waals surface area contributed by atoms with Gasteiger partial charge in [-0.1, -0.05) is 42.5 Å². The van der Waals surface area contributed by atoms with Crippen LogP contribution in [0.3, 0.4) is 0 Å². The predicted octanol–water partition coefficient (Wildman–Crippen LogP) is 3.20. The molecule has 120 valence electrons. The predicted molar refractivity (Wildman–Crippen MR) is 92.5 cm³/mol. The van der Waals surface area contributed by atoms with Crippen LogP contribution in [0.25, 0.3) is 10.9 Å². The molecule has 0 spiro atoms. The van der Waals surface area contributed by atoms with Gasteiger partial charge in [-0.25, -0.2) is 4.79 Å². The van der Waals surface area contributed by atoms with Gasteiger partial charge in [-0.15, -0.1) is 0 Å². The fourth-order valence-electron chi connectivity index (χ4n) is 3.68. The summed E-state index contributed by atoms with van der Waals surface area (Å²) in [4.78, 5) is 27.4. The number of aromatic amines is 1. The van der Waals surface area contributed by atoms with E-state index >= 15 is 0 Å². The van der Waals surface area contributed by atoms with Crippen molar-refractivity contribution in [3.63, 3.8) is 0 Å². The average molecular weight is 319 g/mol. The summed E-state index contributed by atoms with van der Waals surface area (Å²) in [6.45, 7) is 0. The summed E-state index contributed by atoms with van der Waals surface area (Å²) in [5, 5.41) is 0.936. The van der Waals surface area contributed by atoms with Gasteiger partial charge in [0.25, 0.3) is 5.56 Å². The van der Waals surface area contributed by atoms with Crippen molar-refractivity contribution in [2.45, 2.75) is 18.8 Å². The molecule has 1 aliphatic carbocycles. The molecule has 0 aliphatic heterocycles. The van der Waals surface area contributed by atoms with E-state index in [4.69, 9.17) is 4.74 Å². The van der Waals surface area contributed by atoms with Crippen molar-refractivity contribution in [2.75, 3.05) is 7.11 Å². The lowest BCUT2D eigenvalue weighted by atomic mass is 9.96. The van der Waals surface area contributed by atoms with E-state index in [2.05, 4.69) is 17.1 Å². The Kier molecular flexibility index (Phi) is 3.45. The highest BCUT2D eigenvalue weighted by Gasteiger charge is 2.28. The highest BCUT2D eigenvalue weighted by molar-refractivity contribution is 6.03. The molecule has 0 fully saturated rings. The van der Waals surface area contributed by atoms with Crippen molar-refractivity contribution in [3.05, 3.63) is 81.1 Å². The summed E-state index contributed by atoms with van der Waals surface area (Å²) in [6, 6.07) is 15.7. The molecule has 4 heteroatoms. The zero-order valence-corrected chi connectivity index (χ0v) is 13.3. The second-order valence-electron chi connectivity index (χ2n) is 6.15. The van der Waals surface area contributed by atoms with Gasteiger partial charge in [0.2, 0.25) is 0 Å². The molecule has 4 rings (SSSR count). The van der Waals surface area contributed by atoms with Gasteiger partial charge in [0.15, 0.2) is 0 Å². The Labute approximate surface area is 139 Å². The highest BCUT2D eigenvalue weighted by Crippen LogP contribution is 2.36. The average Bonchev–Trinajstić information content (AvgIpc) is 3.08. The van der Waals surface area contributed by atoms with Gasteiger partial charge in [0, 0.05) is 10.9 Å². The Morgan fingerprint density at radius 1 is 1.04 bits per heavy atom.